The van der Waals surface area contributed by atoms with Crippen molar-refractivity contribution >= 4 is 11.9 Å². The van der Waals surface area contributed by atoms with E-state index in [0.29, 0.717) is 17.1 Å². The number of primary amides is 1. The molecule has 0 saturated heterocycles. The Bertz CT molecular complexity index is 644. The molecule has 0 aliphatic carbocycles. The van der Waals surface area contributed by atoms with Crippen molar-refractivity contribution in [1.82, 2.24) is 0 Å². The van der Waals surface area contributed by atoms with Gasteiger partial charge in [-0.15, -0.1) is 0 Å². The molecule has 0 bridgehead atoms. The summed E-state index contributed by atoms with van der Waals surface area (Å²) < 4.78 is 15.6. The van der Waals surface area contributed by atoms with Crippen LogP contribution in [0, 0.1) is 0 Å². The highest BCUT2D eigenvalue weighted by atomic mass is 16.5. The summed E-state index contributed by atoms with van der Waals surface area (Å²) in [6.45, 7) is 1.78. The topological polar surface area (TPSA) is 91.8 Å². The van der Waals surface area contributed by atoms with Crippen molar-refractivity contribution in [2.24, 2.45) is 5.73 Å². The van der Waals surface area contributed by atoms with Gasteiger partial charge in [-0.2, -0.15) is 0 Å². The second kappa shape index (κ2) is 6.13. The van der Waals surface area contributed by atoms with E-state index in [1.807, 2.05) is 0 Å². The number of benzene rings is 1. The fourth-order valence-corrected chi connectivity index (χ4v) is 1.74. The molecular formula is C15H15NO5. The van der Waals surface area contributed by atoms with Crippen molar-refractivity contribution in [2.75, 3.05) is 7.11 Å². The molecule has 2 aromatic rings. The summed E-state index contributed by atoms with van der Waals surface area (Å²) in [6, 6.07) is 9.60. The highest BCUT2D eigenvalue weighted by molar-refractivity contribution is 5.92. The predicted octanol–water partition coefficient (Wildman–Crippen LogP) is 2.31. The summed E-state index contributed by atoms with van der Waals surface area (Å²) >= 11 is 0. The Hall–Kier alpha value is -2.76. The summed E-state index contributed by atoms with van der Waals surface area (Å²) in [5.41, 5.74) is 5.57. The molecule has 1 atom stereocenters. The van der Waals surface area contributed by atoms with Crippen LogP contribution in [0.4, 0.5) is 0 Å². The van der Waals surface area contributed by atoms with E-state index >= 15 is 0 Å². The van der Waals surface area contributed by atoms with Crippen LogP contribution in [0.3, 0.4) is 0 Å². The molecule has 110 valence electrons. The van der Waals surface area contributed by atoms with Crippen LogP contribution >= 0.6 is 0 Å². The lowest BCUT2D eigenvalue weighted by atomic mass is 10.2. The smallest absolute Gasteiger partial charge is 0.373 e. The number of carbonyl (C=O) groups is 2. The summed E-state index contributed by atoms with van der Waals surface area (Å²) in [4.78, 5) is 22.3. The molecule has 6 heteroatoms. The Kier molecular flexibility index (Phi) is 4.27. The molecule has 0 fully saturated rings. The van der Waals surface area contributed by atoms with Crippen LogP contribution in [0.25, 0.3) is 0 Å². The van der Waals surface area contributed by atoms with E-state index in [0.717, 1.165) is 0 Å². The minimum atomic E-state index is -0.542. The van der Waals surface area contributed by atoms with Crippen molar-refractivity contribution in [3.8, 4) is 5.75 Å². The maximum Gasteiger partial charge on any atom is 0.373 e. The fourth-order valence-electron chi connectivity index (χ4n) is 1.74. The average Bonchev–Trinajstić information content (AvgIpc) is 2.97. The molecule has 2 N–H and O–H groups in total. The molecule has 0 radical (unpaired) electrons. The first-order chi connectivity index (χ1) is 10.0. The SMILES string of the molecule is COC(=O)c1ccc(C(C)Oc2ccc(C(N)=O)cc2)o1. The first-order valence-corrected chi connectivity index (χ1v) is 6.26. The van der Waals surface area contributed by atoms with Gasteiger partial charge in [0.25, 0.3) is 0 Å². The third kappa shape index (κ3) is 3.42. The second-order valence-electron chi connectivity index (χ2n) is 4.34. The monoisotopic (exact) mass is 289 g/mol. The third-order valence-corrected chi connectivity index (χ3v) is 2.87. The third-order valence-electron chi connectivity index (χ3n) is 2.87. The minimum absolute atomic E-state index is 0.118. The summed E-state index contributed by atoms with van der Waals surface area (Å²) in [5, 5.41) is 0. The van der Waals surface area contributed by atoms with E-state index in [1.165, 1.54) is 13.2 Å². The number of carbonyl (C=O) groups excluding carboxylic acids is 2. The van der Waals surface area contributed by atoms with Gasteiger partial charge in [-0.3, -0.25) is 4.79 Å². The Balaban J connectivity index is 2.07. The van der Waals surface area contributed by atoms with E-state index in [4.69, 9.17) is 14.9 Å². The predicted molar refractivity (Wildman–Crippen MR) is 74.1 cm³/mol. The molecule has 1 amide bonds. The van der Waals surface area contributed by atoms with Crippen LogP contribution in [-0.4, -0.2) is 19.0 Å². The van der Waals surface area contributed by atoms with Gasteiger partial charge in [0.1, 0.15) is 11.5 Å². The molecule has 1 unspecified atom stereocenters. The minimum Gasteiger partial charge on any atom is -0.483 e. The zero-order chi connectivity index (χ0) is 15.4. The van der Waals surface area contributed by atoms with Gasteiger partial charge in [-0.1, -0.05) is 0 Å². The zero-order valence-electron chi connectivity index (χ0n) is 11.7. The zero-order valence-corrected chi connectivity index (χ0v) is 11.7. The highest BCUT2D eigenvalue weighted by Gasteiger charge is 2.16. The van der Waals surface area contributed by atoms with Gasteiger partial charge in [0.2, 0.25) is 11.7 Å². The molecule has 1 aromatic heterocycles. The standard InChI is InChI=1S/C15H15NO5/c1-9(12-7-8-13(21-12)15(18)19-2)20-11-5-3-10(4-6-11)14(16)17/h3-9H,1-2H3,(H2,16,17). The number of hydrogen-bond donors (Lipinski definition) is 1. The molecule has 0 spiro atoms. The van der Waals surface area contributed by atoms with Crippen molar-refractivity contribution < 1.29 is 23.5 Å². The number of methoxy groups -OCH3 is 1. The molecule has 6 nitrogen and oxygen atoms in total. The van der Waals surface area contributed by atoms with Gasteiger partial charge in [-0.25, -0.2) is 4.79 Å². The largest absolute Gasteiger partial charge is 0.483 e. The first-order valence-electron chi connectivity index (χ1n) is 6.26. The van der Waals surface area contributed by atoms with Gasteiger partial charge in [0, 0.05) is 5.56 Å². The lowest BCUT2D eigenvalue weighted by molar-refractivity contribution is 0.0558. The molecule has 2 rings (SSSR count). The van der Waals surface area contributed by atoms with E-state index < -0.39 is 18.0 Å². The van der Waals surface area contributed by atoms with Crippen LogP contribution in [0.2, 0.25) is 0 Å². The van der Waals surface area contributed by atoms with Crippen LogP contribution < -0.4 is 10.5 Å². The van der Waals surface area contributed by atoms with E-state index in [-0.39, 0.29) is 5.76 Å². The van der Waals surface area contributed by atoms with Crippen LogP contribution in [-0.2, 0) is 4.74 Å². The number of ether oxygens (including phenoxy) is 2. The molecule has 0 saturated carbocycles. The van der Waals surface area contributed by atoms with E-state index in [9.17, 15) is 9.59 Å². The lowest BCUT2D eigenvalue weighted by Crippen LogP contribution is -2.10. The average molecular weight is 289 g/mol. The molecule has 21 heavy (non-hydrogen) atoms. The Morgan fingerprint density at radius 1 is 1.14 bits per heavy atom. The second-order valence-corrected chi connectivity index (χ2v) is 4.34. The van der Waals surface area contributed by atoms with Gasteiger partial charge >= 0.3 is 5.97 Å². The number of furan rings is 1. The van der Waals surface area contributed by atoms with Crippen LogP contribution in [0.1, 0.15) is 39.7 Å². The highest BCUT2D eigenvalue weighted by Crippen LogP contribution is 2.23. The summed E-state index contributed by atoms with van der Waals surface area (Å²) in [7, 11) is 1.28. The Morgan fingerprint density at radius 2 is 1.81 bits per heavy atom. The molecule has 1 aromatic carbocycles. The van der Waals surface area contributed by atoms with Crippen molar-refractivity contribution in [3.63, 3.8) is 0 Å². The van der Waals surface area contributed by atoms with Crippen molar-refractivity contribution in [1.29, 1.82) is 0 Å². The number of hydrogen-bond acceptors (Lipinski definition) is 5. The normalized spacial score (nSPS) is 11.7. The Labute approximate surface area is 121 Å². The number of rotatable bonds is 5. The van der Waals surface area contributed by atoms with E-state index in [2.05, 4.69) is 4.74 Å². The lowest BCUT2D eigenvalue weighted by Gasteiger charge is -2.12. The quantitative estimate of drug-likeness (QED) is 0.853. The maximum absolute atomic E-state index is 11.3. The summed E-state index contributed by atoms with van der Waals surface area (Å²) in [6.07, 6.45) is -0.400. The first kappa shape index (κ1) is 14.6. The van der Waals surface area contributed by atoms with Crippen LogP contribution in [0.15, 0.2) is 40.8 Å². The molecular weight excluding hydrogens is 274 g/mol. The van der Waals surface area contributed by atoms with Gasteiger partial charge < -0.3 is 19.6 Å². The molecule has 0 aliphatic rings. The van der Waals surface area contributed by atoms with Crippen LogP contribution in [0.5, 0.6) is 5.75 Å². The number of nitrogens with two attached hydrogens (primary N) is 1. The number of amides is 1. The molecule has 1 heterocycles. The van der Waals surface area contributed by atoms with Gasteiger partial charge in [0.15, 0.2) is 6.10 Å². The number of esters is 1. The molecule has 0 aliphatic heterocycles. The van der Waals surface area contributed by atoms with Gasteiger partial charge in [0.05, 0.1) is 7.11 Å². The van der Waals surface area contributed by atoms with E-state index in [1.54, 1.807) is 37.3 Å². The van der Waals surface area contributed by atoms with Crippen molar-refractivity contribution in [2.45, 2.75) is 13.0 Å². The van der Waals surface area contributed by atoms with Gasteiger partial charge in [-0.05, 0) is 43.3 Å². The Morgan fingerprint density at radius 3 is 2.38 bits per heavy atom. The van der Waals surface area contributed by atoms with Crippen molar-refractivity contribution in [3.05, 3.63) is 53.5 Å². The summed E-state index contributed by atoms with van der Waals surface area (Å²) in [5.74, 6) is 0.132. The fraction of sp³-hybridized carbons (Fsp3) is 0.200. The maximum atomic E-state index is 11.3.